The topological polar surface area (TPSA) is 54.5 Å². The van der Waals surface area contributed by atoms with Crippen LogP contribution < -0.4 is 0 Å². The van der Waals surface area contributed by atoms with Gasteiger partial charge in [0.15, 0.2) is 11.3 Å². The van der Waals surface area contributed by atoms with E-state index in [9.17, 15) is 13.2 Å². The minimum atomic E-state index is -4.55. The monoisotopic (exact) mass is 226 g/mol. The van der Waals surface area contributed by atoms with E-state index in [1.54, 1.807) is 6.07 Å². The van der Waals surface area contributed by atoms with Gasteiger partial charge in [-0.15, -0.1) is 0 Å². The molecule has 2 heterocycles. The Balaban J connectivity index is 2.82. The molecule has 0 bridgehead atoms. The molecule has 4 nitrogen and oxygen atoms in total. The first-order valence-electron chi connectivity index (χ1n) is 4.23. The van der Waals surface area contributed by atoms with Crippen molar-refractivity contribution < 1.29 is 13.2 Å². The van der Waals surface area contributed by atoms with E-state index in [1.807, 2.05) is 0 Å². The highest BCUT2D eigenvalue weighted by atomic mass is 19.4. The van der Waals surface area contributed by atoms with Gasteiger partial charge in [-0.25, -0.2) is 9.67 Å². The van der Waals surface area contributed by atoms with Gasteiger partial charge in [0.2, 0.25) is 0 Å². The van der Waals surface area contributed by atoms with Gasteiger partial charge < -0.3 is 0 Å². The molecule has 0 aromatic carbocycles. The molecular formula is C9H5F3N4. The number of hydrogen-bond donors (Lipinski definition) is 0. The Morgan fingerprint density at radius 1 is 1.44 bits per heavy atom. The lowest BCUT2D eigenvalue weighted by Gasteiger charge is -2.01. The number of rotatable bonds is 0. The van der Waals surface area contributed by atoms with E-state index in [1.165, 1.54) is 13.2 Å². The molecule has 0 saturated heterocycles. The number of pyridine rings is 1. The number of fused-ring (bicyclic) bond motifs is 1. The Kier molecular flexibility index (Phi) is 2.08. The second-order valence-corrected chi connectivity index (χ2v) is 3.18. The molecule has 0 spiro atoms. The van der Waals surface area contributed by atoms with Crippen LogP contribution in [0.1, 0.15) is 11.3 Å². The van der Waals surface area contributed by atoms with Gasteiger partial charge in [-0.3, -0.25) is 0 Å². The van der Waals surface area contributed by atoms with Gasteiger partial charge in [0.1, 0.15) is 6.07 Å². The van der Waals surface area contributed by atoms with Crippen molar-refractivity contribution in [1.29, 1.82) is 5.26 Å². The fourth-order valence-electron chi connectivity index (χ4n) is 1.41. The Bertz CT molecular complexity index is 591. The van der Waals surface area contributed by atoms with E-state index in [4.69, 9.17) is 5.26 Å². The molecule has 0 radical (unpaired) electrons. The van der Waals surface area contributed by atoms with E-state index in [0.29, 0.717) is 0 Å². The van der Waals surface area contributed by atoms with Gasteiger partial charge in [0.25, 0.3) is 0 Å². The largest absolute Gasteiger partial charge is 0.435 e. The number of alkyl halides is 3. The molecule has 2 aromatic heterocycles. The van der Waals surface area contributed by atoms with Crippen molar-refractivity contribution in [2.24, 2.45) is 7.05 Å². The fourth-order valence-corrected chi connectivity index (χ4v) is 1.41. The highest BCUT2D eigenvalue weighted by Gasteiger charge is 2.36. The lowest BCUT2D eigenvalue weighted by molar-refractivity contribution is -0.140. The summed E-state index contributed by atoms with van der Waals surface area (Å²) in [6.07, 6.45) is -3.33. The summed E-state index contributed by atoms with van der Waals surface area (Å²) in [6, 6.07) is 2.88. The molecule has 0 saturated carbocycles. The lowest BCUT2D eigenvalue weighted by atomic mass is 10.2. The summed E-state index contributed by atoms with van der Waals surface area (Å²) in [4.78, 5) is 3.76. The van der Waals surface area contributed by atoms with Crippen LogP contribution in [0.3, 0.4) is 0 Å². The molecule has 0 amide bonds. The summed E-state index contributed by atoms with van der Waals surface area (Å²) in [5.41, 5.74) is -0.841. The minimum absolute atomic E-state index is 0.0750. The molecule has 0 fully saturated rings. The summed E-state index contributed by atoms with van der Waals surface area (Å²) in [5, 5.41) is 11.8. The van der Waals surface area contributed by atoms with Gasteiger partial charge >= 0.3 is 6.18 Å². The van der Waals surface area contributed by atoms with E-state index >= 15 is 0 Å². The Hall–Kier alpha value is -2.10. The normalized spacial score (nSPS) is 11.7. The van der Waals surface area contributed by atoms with Crippen LogP contribution in [-0.4, -0.2) is 14.8 Å². The molecule has 0 aliphatic carbocycles. The predicted octanol–water partition coefficient (Wildman–Crippen LogP) is 1.86. The second-order valence-electron chi connectivity index (χ2n) is 3.18. The van der Waals surface area contributed by atoms with Crippen molar-refractivity contribution in [1.82, 2.24) is 14.8 Å². The number of nitrogens with zero attached hydrogens (tertiary/aromatic N) is 4. The van der Waals surface area contributed by atoms with Gasteiger partial charge in [0.05, 0.1) is 10.9 Å². The molecule has 0 N–H and O–H groups in total. The summed E-state index contributed by atoms with van der Waals surface area (Å²) in [6.45, 7) is 0. The molecule has 0 unspecified atom stereocenters. The van der Waals surface area contributed by atoms with E-state index in [0.717, 1.165) is 10.7 Å². The summed E-state index contributed by atoms with van der Waals surface area (Å²) in [7, 11) is 1.37. The molecule has 7 heteroatoms. The van der Waals surface area contributed by atoms with E-state index in [-0.39, 0.29) is 16.6 Å². The zero-order chi connectivity index (χ0) is 11.9. The van der Waals surface area contributed by atoms with Gasteiger partial charge in [-0.1, -0.05) is 0 Å². The summed E-state index contributed by atoms with van der Waals surface area (Å²) >= 11 is 0. The zero-order valence-electron chi connectivity index (χ0n) is 8.08. The van der Waals surface area contributed by atoms with Gasteiger partial charge in [-0.2, -0.15) is 23.5 Å². The van der Waals surface area contributed by atoms with Crippen molar-refractivity contribution in [3.63, 3.8) is 0 Å². The SMILES string of the molecule is Cn1nc(C(F)(F)F)c2cc(C#N)cnc21. The third-order valence-electron chi connectivity index (χ3n) is 2.08. The molecule has 2 aromatic rings. The zero-order valence-corrected chi connectivity index (χ0v) is 8.08. The van der Waals surface area contributed by atoms with E-state index in [2.05, 4.69) is 10.1 Å². The Labute approximate surface area is 87.9 Å². The molecule has 0 aliphatic rings. The molecular weight excluding hydrogens is 221 g/mol. The fraction of sp³-hybridized carbons (Fsp3) is 0.222. The van der Waals surface area contributed by atoms with Crippen LogP contribution in [-0.2, 0) is 13.2 Å². The van der Waals surface area contributed by atoms with Crippen molar-refractivity contribution in [3.05, 3.63) is 23.5 Å². The maximum atomic E-state index is 12.6. The highest BCUT2D eigenvalue weighted by Crippen LogP contribution is 2.33. The number of aromatic nitrogens is 3. The average Bonchev–Trinajstić information content (AvgIpc) is 2.55. The third-order valence-corrected chi connectivity index (χ3v) is 2.08. The highest BCUT2D eigenvalue weighted by molar-refractivity contribution is 5.80. The molecule has 0 aliphatic heterocycles. The number of hydrogen-bond acceptors (Lipinski definition) is 3. The van der Waals surface area contributed by atoms with E-state index < -0.39 is 11.9 Å². The molecule has 16 heavy (non-hydrogen) atoms. The Morgan fingerprint density at radius 2 is 2.12 bits per heavy atom. The third kappa shape index (κ3) is 1.48. The first-order valence-corrected chi connectivity index (χ1v) is 4.23. The predicted molar refractivity (Wildman–Crippen MR) is 48.2 cm³/mol. The number of aryl methyl sites for hydroxylation is 1. The van der Waals surface area contributed by atoms with Crippen LogP contribution in [0.25, 0.3) is 11.0 Å². The Morgan fingerprint density at radius 3 is 2.69 bits per heavy atom. The first kappa shape index (κ1) is 10.4. The smallest absolute Gasteiger partial charge is 0.250 e. The number of nitriles is 1. The van der Waals surface area contributed by atoms with Crippen LogP contribution >= 0.6 is 0 Å². The second kappa shape index (κ2) is 3.20. The number of halogens is 3. The van der Waals surface area contributed by atoms with Crippen LogP contribution in [0.2, 0.25) is 0 Å². The molecule has 0 atom stereocenters. The van der Waals surface area contributed by atoms with Crippen LogP contribution in [0.4, 0.5) is 13.2 Å². The molecule has 2 rings (SSSR count). The summed E-state index contributed by atoms with van der Waals surface area (Å²) < 4.78 is 38.8. The molecule has 82 valence electrons. The first-order chi connectivity index (χ1) is 7.43. The lowest BCUT2D eigenvalue weighted by Crippen LogP contribution is -2.07. The van der Waals surface area contributed by atoms with Crippen molar-refractivity contribution in [3.8, 4) is 6.07 Å². The minimum Gasteiger partial charge on any atom is -0.250 e. The van der Waals surface area contributed by atoms with Crippen LogP contribution in [0.5, 0.6) is 0 Å². The average molecular weight is 226 g/mol. The van der Waals surface area contributed by atoms with Crippen molar-refractivity contribution in [2.45, 2.75) is 6.18 Å². The van der Waals surface area contributed by atoms with Gasteiger partial charge in [-0.05, 0) is 6.07 Å². The standard InChI is InChI=1S/C9H5F3N4/c1-16-8-6(2-5(3-13)4-14-8)7(15-16)9(10,11)12/h2,4H,1H3. The van der Waals surface area contributed by atoms with Crippen LogP contribution in [0.15, 0.2) is 12.3 Å². The van der Waals surface area contributed by atoms with Gasteiger partial charge in [0, 0.05) is 13.2 Å². The maximum absolute atomic E-state index is 12.6. The quantitative estimate of drug-likeness (QED) is 0.688. The van der Waals surface area contributed by atoms with Crippen LogP contribution in [0, 0.1) is 11.3 Å². The van der Waals surface area contributed by atoms with Crippen molar-refractivity contribution >= 4 is 11.0 Å². The van der Waals surface area contributed by atoms with Crippen molar-refractivity contribution in [2.75, 3.05) is 0 Å². The summed E-state index contributed by atoms with van der Waals surface area (Å²) in [5.74, 6) is 0. The maximum Gasteiger partial charge on any atom is 0.435 e.